The number of carbonyl (C=O) groups excluding carboxylic acids is 1. The Hall–Kier alpha value is -2.11. The van der Waals surface area contributed by atoms with E-state index in [0.29, 0.717) is 18.0 Å². The molecule has 2 heterocycles. The van der Waals surface area contributed by atoms with Gasteiger partial charge < -0.3 is 10.1 Å². The molecule has 3 rings (SSSR count). The van der Waals surface area contributed by atoms with Crippen molar-refractivity contribution < 1.29 is 31.1 Å². The summed E-state index contributed by atoms with van der Waals surface area (Å²) in [4.78, 5) is 12.8. The number of hydrogen-bond donors (Lipinski definition) is 1. The third-order valence-electron chi connectivity index (χ3n) is 4.07. The zero-order valence-electron chi connectivity index (χ0n) is 14.5. The van der Waals surface area contributed by atoms with E-state index in [2.05, 4.69) is 10.1 Å². The minimum atomic E-state index is -4.80. The normalized spacial score (nSPS) is 15.5. The van der Waals surface area contributed by atoms with Gasteiger partial charge in [-0.3, -0.25) is 4.79 Å². The second-order valence-corrected chi connectivity index (χ2v) is 9.42. The highest BCUT2D eigenvalue weighted by Crippen LogP contribution is 2.27. The van der Waals surface area contributed by atoms with E-state index in [0.717, 1.165) is 36.3 Å². The number of ether oxygens (including phenoxy) is 1. The van der Waals surface area contributed by atoms with Crippen molar-refractivity contribution in [3.63, 3.8) is 0 Å². The summed E-state index contributed by atoms with van der Waals surface area (Å²) < 4.78 is 66.9. The molecule has 0 unspecified atom stereocenters. The van der Waals surface area contributed by atoms with Gasteiger partial charge in [-0.2, -0.15) is 4.31 Å². The molecule has 0 spiro atoms. The fraction of sp³-hybridized carbons (Fsp3) is 0.353. The molecule has 1 aliphatic heterocycles. The summed E-state index contributed by atoms with van der Waals surface area (Å²) in [5.74, 6) is -0.907. The molecule has 6 nitrogen and oxygen atoms in total. The molecule has 1 aromatic heterocycles. The summed E-state index contributed by atoms with van der Waals surface area (Å²) in [5, 5.41) is 2.62. The number of hydrogen-bond acceptors (Lipinski definition) is 5. The Kier molecular flexibility index (Phi) is 5.96. The summed E-state index contributed by atoms with van der Waals surface area (Å²) in [5.41, 5.74) is 0.163. The summed E-state index contributed by atoms with van der Waals surface area (Å²) in [7, 11) is -3.50. The van der Waals surface area contributed by atoms with E-state index in [1.54, 1.807) is 6.07 Å². The lowest BCUT2D eigenvalue weighted by atomic mass is 10.2. The molecule has 0 atom stereocenters. The molecule has 1 fully saturated rings. The second-order valence-electron chi connectivity index (χ2n) is 6.09. The molecular weight excluding hydrogens is 417 g/mol. The molecule has 0 bridgehead atoms. The number of rotatable bonds is 6. The molecule has 1 aromatic carbocycles. The maximum atomic E-state index is 12.5. The van der Waals surface area contributed by atoms with Crippen LogP contribution < -0.4 is 10.1 Å². The maximum Gasteiger partial charge on any atom is 0.573 e. The SMILES string of the molecule is O=C(NCc1ccc(S(=O)(=O)N2CCCC2)s1)c1ccc(OC(F)(F)F)cc1. The van der Waals surface area contributed by atoms with E-state index in [-0.39, 0.29) is 16.3 Å². The standard InChI is InChI=1S/C17H17F3N2O4S2/c18-17(19,20)26-13-5-3-12(4-6-13)16(23)21-11-14-7-8-15(27-14)28(24,25)22-9-1-2-10-22/h3-8H,1-2,9-11H2,(H,21,23). The zero-order valence-corrected chi connectivity index (χ0v) is 16.2. The van der Waals surface area contributed by atoms with Crippen molar-refractivity contribution in [3.8, 4) is 5.75 Å². The van der Waals surface area contributed by atoms with Crippen LogP contribution in [0.5, 0.6) is 5.75 Å². The van der Waals surface area contributed by atoms with Crippen LogP contribution in [0.25, 0.3) is 0 Å². The van der Waals surface area contributed by atoms with Gasteiger partial charge in [-0.25, -0.2) is 8.42 Å². The van der Waals surface area contributed by atoms with E-state index in [1.165, 1.54) is 22.5 Å². The van der Waals surface area contributed by atoms with Crippen molar-refractivity contribution in [3.05, 3.63) is 46.8 Å². The number of sulfonamides is 1. The van der Waals surface area contributed by atoms with Crippen LogP contribution in [0.1, 0.15) is 28.1 Å². The Balaban J connectivity index is 1.58. The van der Waals surface area contributed by atoms with E-state index >= 15 is 0 Å². The number of alkyl halides is 3. The van der Waals surface area contributed by atoms with Crippen molar-refractivity contribution >= 4 is 27.3 Å². The minimum absolute atomic E-state index is 0.111. The van der Waals surface area contributed by atoms with Gasteiger partial charge in [0.25, 0.3) is 15.9 Å². The first-order valence-electron chi connectivity index (χ1n) is 8.38. The number of nitrogens with one attached hydrogen (secondary N) is 1. The van der Waals surface area contributed by atoms with Gasteiger partial charge in [0.05, 0.1) is 6.54 Å². The highest BCUT2D eigenvalue weighted by molar-refractivity contribution is 7.91. The monoisotopic (exact) mass is 434 g/mol. The van der Waals surface area contributed by atoms with Crippen molar-refractivity contribution in [1.29, 1.82) is 0 Å². The molecule has 28 heavy (non-hydrogen) atoms. The molecule has 1 aliphatic rings. The van der Waals surface area contributed by atoms with Gasteiger partial charge in [-0.05, 0) is 49.2 Å². The lowest BCUT2D eigenvalue weighted by Gasteiger charge is -2.13. The van der Waals surface area contributed by atoms with Gasteiger partial charge in [-0.15, -0.1) is 24.5 Å². The highest BCUT2D eigenvalue weighted by atomic mass is 32.2. The second kappa shape index (κ2) is 8.10. The number of benzene rings is 1. The predicted octanol–water partition coefficient (Wildman–Crippen LogP) is 3.36. The topological polar surface area (TPSA) is 75.7 Å². The Morgan fingerprint density at radius 1 is 1.11 bits per heavy atom. The number of nitrogens with zero attached hydrogens (tertiary/aromatic N) is 1. The predicted molar refractivity (Wildman–Crippen MR) is 96.6 cm³/mol. The van der Waals surface area contributed by atoms with Crippen LogP contribution >= 0.6 is 11.3 Å². The molecule has 2 aromatic rings. The number of carbonyl (C=O) groups is 1. The smallest absolute Gasteiger partial charge is 0.406 e. The van der Waals surface area contributed by atoms with E-state index < -0.39 is 28.0 Å². The zero-order chi connectivity index (χ0) is 20.4. The maximum absolute atomic E-state index is 12.5. The van der Waals surface area contributed by atoms with Crippen molar-refractivity contribution in [2.24, 2.45) is 0 Å². The molecule has 152 valence electrons. The molecule has 0 radical (unpaired) electrons. The summed E-state index contributed by atoms with van der Waals surface area (Å²) in [6, 6.07) is 7.68. The molecular formula is C17H17F3N2O4S2. The molecule has 1 N–H and O–H groups in total. The van der Waals surface area contributed by atoms with Crippen LogP contribution in [0.3, 0.4) is 0 Å². The van der Waals surface area contributed by atoms with E-state index in [1.807, 2.05) is 0 Å². The van der Waals surface area contributed by atoms with Gasteiger partial charge in [0.2, 0.25) is 0 Å². The lowest BCUT2D eigenvalue weighted by molar-refractivity contribution is -0.274. The largest absolute Gasteiger partial charge is 0.573 e. The average Bonchev–Trinajstić information content (AvgIpc) is 3.31. The van der Waals surface area contributed by atoms with E-state index in [4.69, 9.17) is 0 Å². The molecule has 0 saturated carbocycles. The quantitative estimate of drug-likeness (QED) is 0.757. The Morgan fingerprint density at radius 2 is 1.75 bits per heavy atom. The number of halogens is 3. The van der Waals surface area contributed by atoms with Crippen molar-refractivity contribution in [2.45, 2.75) is 30.0 Å². The molecule has 11 heteroatoms. The van der Waals surface area contributed by atoms with Gasteiger partial charge in [0.1, 0.15) is 9.96 Å². The third kappa shape index (κ3) is 5.03. The Morgan fingerprint density at radius 3 is 2.36 bits per heavy atom. The van der Waals surface area contributed by atoms with E-state index in [9.17, 15) is 26.4 Å². The van der Waals surface area contributed by atoms with Gasteiger partial charge >= 0.3 is 6.36 Å². The first kappa shape index (κ1) is 20.6. The molecule has 1 saturated heterocycles. The van der Waals surface area contributed by atoms with Crippen molar-refractivity contribution in [2.75, 3.05) is 13.1 Å². The third-order valence-corrected chi connectivity index (χ3v) is 7.52. The van der Waals surface area contributed by atoms with Crippen LogP contribution in [0, 0.1) is 0 Å². The van der Waals surface area contributed by atoms with Crippen LogP contribution in [0.4, 0.5) is 13.2 Å². The van der Waals surface area contributed by atoms with Gasteiger partial charge in [-0.1, -0.05) is 0 Å². The first-order valence-corrected chi connectivity index (χ1v) is 10.6. The fourth-order valence-electron chi connectivity index (χ4n) is 2.73. The molecule has 1 amide bonds. The Labute approximate surface area is 164 Å². The number of thiophene rings is 1. The fourth-order valence-corrected chi connectivity index (χ4v) is 5.69. The summed E-state index contributed by atoms with van der Waals surface area (Å²) in [6.07, 6.45) is -3.10. The minimum Gasteiger partial charge on any atom is -0.406 e. The lowest BCUT2D eigenvalue weighted by Crippen LogP contribution is -2.27. The van der Waals surface area contributed by atoms with Crippen LogP contribution in [0.2, 0.25) is 0 Å². The van der Waals surface area contributed by atoms with Crippen LogP contribution in [-0.2, 0) is 16.6 Å². The van der Waals surface area contributed by atoms with Crippen LogP contribution in [-0.4, -0.2) is 38.1 Å². The highest BCUT2D eigenvalue weighted by Gasteiger charge is 2.31. The molecule has 0 aliphatic carbocycles. The van der Waals surface area contributed by atoms with Gasteiger partial charge in [0, 0.05) is 23.5 Å². The summed E-state index contributed by atoms with van der Waals surface area (Å²) in [6.45, 7) is 1.14. The average molecular weight is 434 g/mol. The van der Waals surface area contributed by atoms with Gasteiger partial charge in [0.15, 0.2) is 0 Å². The van der Waals surface area contributed by atoms with Crippen molar-refractivity contribution in [1.82, 2.24) is 9.62 Å². The summed E-state index contributed by atoms with van der Waals surface area (Å²) >= 11 is 1.08. The number of amides is 1. The Bertz CT molecular complexity index is 934. The first-order chi connectivity index (χ1) is 13.1. The van der Waals surface area contributed by atoms with Crippen LogP contribution in [0.15, 0.2) is 40.6 Å².